The standard InChI is InChI=1S/C17H25N5O2/c1-12(8-14(3)23)10-19-17(24)20-16-9-13(2)21-22(16)11-15-6-4-5-7-18-15/h4-7,9,12,14,23H,8,10-11H2,1-3H3,(H2,19,20,24). The lowest BCUT2D eigenvalue weighted by Gasteiger charge is -2.15. The number of hydrogen-bond donors (Lipinski definition) is 3. The molecule has 2 heterocycles. The first-order valence-electron chi connectivity index (χ1n) is 8.11. The Kier molecular flexibility index (Phi) is 6.31. The normalized spacial score (nSPS) is 13.3. The number of aliphatic hydroxyl groups is 1. The van der Waals surface area contributed by atoms with E-state index in [0.29, 0.717) is 25.3 Å². The molecule has 0 bridgehead atoms. The first-order valence-corrected chi connectivity index (χ1v) is 8.11. The van der Waals surface area contributed by atoms with Crippen LogP contribution in [0.25, 0.3) is 0 Å². The Morgan fingerprint density at radius 1 is 1.38 bits per heavy atom. The van der Waals surface area contributed by atoms with Crippen LogP contribution in [0.5, 0.6) is 0 Å². The van der Waals surface area contributed by atoms with Crippen LogP contribution in [0.1, 0.15) is 31.7 Å². The van der Waals surface area contributed by atoms with Crippen molar-refractivity contribution >= 4 is 11.8 Å². The Morgan fingerprint density at radius 2 is 2.17 bits per heavy atom. The number of rotatable bonds is 7. The maximum atomic E-state index is 12.1. The third-order valence-electron chi connectivity index (χ3n) is 3.54. The zero-order valence-corrected chi connectivity index (χ0v) is 14.4. The van der Waals surface area contributed by atoms with Crippen molar-refractivity contribution in [1.29, 1.82) is 0 Å². The summed E-state index contributed by atoms with van der Waals surface area (Å²) in [5.74, 6) is 0.828. The molecular formula is C17H25N5O2. The second-order valence-corrected chi connectivity index (χ2v) is 6.17. The van der Waals surface area contributed by atoms with Crippen molar-refractivity contribution in [3.05, 3.63) is 41.9 Å². The van der Waals surface area contributed by atoms with Crippen LogP contribution in [0.3, 0.4) is 0 Å². The summed E-state index contributed by atoms with van der Waals surface area (Å²) in [5, 5.41) is 19.4. The summed E-state index contributed by atoms with van der Waals surface area (Å²) in [5.41, 5.74) is 1.69. The van der Waals surface area contributed by atoms with Gasteiger partial charge in [-0.3, -0.25) is 10.3 Å². The van der Waals surface area contributed by atoms with Crippen LogP contribution >= 0.6 is 0 Å². The van der Waals surface area contributed by atoms with Gasteiger partial charge in [-0.1, -0.05) is 13.0 Å². The lowest BCUT2D eigenvalue weighted by molar-refractivity contribution is 0.163. The van der Waals surface area contributed by atoms with E-state index in [1.54, 1.807) is 17.8 Å². The fourth-order valence-corrected chi connectivity index (χ4v) is 2.50. The number of urea groups is 1. The Hall–Kier alpha value is -2.41. The molecular weight excluding hydrogens is 306 g/mol. The van der Waals surface area contributed by atoms with Crippen molar-refractivity contribution in [2.24, 2.45) is 5.92 Å². The van der Waals surface area contributed by atoms with Crippen molar-refractivity contribution in [2.45, 2.75) is 39.8 Å². The quantitative estimate of drug-likeness (QED) is 0.725. The van der Waals surface area contributed by atoms with E-state index in [9.17, 15) is 9.90 Å². The highest BCUT2D eigenvalue weighted by Crippen LogP contribution is 2.12. The van der Waals surface area contributed by atoms with Gasteiger partial charge in [0, 0.05) is 18.8 Å². The molecule has 0 aliphatic rings. The Morgan fingerprint density at radius 3 is 2.83 bits per heavy atom. The lowest BCUT2D eigenvalue weighted by atomic mass is 10.1. The molecule has 2 atom stereocenters. The molecule has 0 spiro atoms. The van der Waals surface area contributed by atoms with Crippen molar-refractivity contribution < 1.29 is 9.90 Å². The molecule has 7 heteroatoms. The molecule has 0 radical (unpaired) electrons. The number of hydrogen-bond acceptors (Lipinski definition) is 4. The van der Waals surface area contributed by atoms with Gasteiger partial charge in [0.25, 0.3) is 0 Å². The van der Waals surface area contributed by atoms with Gasteiger partial charge in [0.1, 0.15) is 5.82 Å². The monoisotopic (exact) mass is 331 g/mol. The van der Waals surface area contributed by atoms with Gasteiger partial charge in [-0.25, -0.2) is 9.48 Å². The van der Waals surface area contributed by atoms with Gasteiger partial charge in [0.05, 0.1) is 24.0 Å². The molecule has 2 aromatic rings. The molecule has 0 fully saturated rings. The number of aromatic nitrogens is 3. The molecule has 0 saturated heterocycles. The second-order valence-electron chi connectivity index (χ2n) is 6.17. The third-order valence-corrected chi connectivity index (χ3v) is 3.54. The highest BCUT2D eigenvalue weighted by atomic mass is 16.3. The summed E-state index contributed by atoms with van der Waals surface area (Å²) in [6.45, 7) is 6.60. The van der Waals surface area contributed by atoms with E-state index in [0.717, 1.165) is 11.4 Å². The van der Waals surface area contributed by atoms with Crippen LogP contribution in [0, 0.1) is 12.8 Å². The van der Waals surface area contributed by atoms with Gasteiger partial charge >= 0.3 is 6.03 Å². The van der Waals surface area contributed by atoms with E-state index in [-0.39, 0.29) is 18.1 Å². The van der Waals surface area contributed by atoms with Crippen molar-refractivity contribution in [3.8, 4) is 0 Å². The lowest BCUT2D eigenvalue weighted by Crippen LogP contribution is -2.33. The fourth-order valence-electron chi connectivity index (χ4n) is 2.50. The number of aryl methyl sites for hydroxylation is 1. The smallest absolute Gasteiger partial charge is 0.320 e. The van der Waals surface area contributed by atoms with Crippen LogP contribution < -0.4 is 10.6 Å². The van der Waals surface area contributed by atoms with Crippen molar-refractivity contribution in [2.75, 3.05) is 11.9 Å². The molecule has 2 rings (SSSR count). The van der Waals surface area contributed by atoms with Crippen molar-refractivity contribution in [1.82, 2.24) is 20.1 Å². The molecule has 0 saturated carbocycles. The van der Waals surface area contributed by atoms with E-state index in [2.05, 4.69) is 20.7 Å². The van der Waals surface area contributed by atoms with E-state index >= 15 is 0 Å². The largest absolute Gasteiger partial charge is 0.393 e. The van der Waals surface area contributed by atoms with Crippen LogP contribution in [-0.2, 0) is 6.54 Å². The number of anilines is 1. The Bertz CT molecular complexity index is 654. The van der Waals surface area contributed by atoms with E-state index in [1.807, 2.05) is 38.1 Å². The zero-order valence-electron chi connectivity index (χ0n) is 14.4. The van der Waals surface area contributed by atoms with Crippen LogP contribution in [0.15, 0.2) is 30.5 Å². The number of amides is 2. The van der Waals surface area contributed by atoms with Crippen LogP contribution in [0.4, 0.5) is 10.6 Å². The topological polar surface area (TPSA) is 92.1 Å². The molecule has 7 nitrogen and oxygen atoms in total. The van der Waals surface area contributed by atoms with Gasteiger partial charge < -0.3 is 10.4 Å². The van der Waals surface area contributed by atoms with Gasteiger partial charge in [-0.05, 0) is 38.3 Å². The molecule has 2 unspecified atom stereocenters. The number of aliphatic hydroxyl groups excluding tert-OH is 1. The van der Waals surface area contributed by atoms with Gasteiger partial charge in [0.15, 0.2) is 0 Å². The number of pyridine rings is 1. The van der Waals surface area contributed by atoms with Crippen LogP contribution in [-0.4, -0.2) is 38.6 Å². The number of carbonyl (C=O) groups is 1. The molecule has 2 amide bonds. The van der Waals surface area contributed by atoms with E-state index in [4.69, 9.17) is 0 Å². The van der Waals surface area contributed by atoms with Gasteiger partial charge in [-0.2, -0.15) is 5.10 Å². The number of nitrogens with zero attached hydrogens (tertiary/aromatic N) is 3. The minimum atomic E-state index is -0.368. The van der Waals surface area contributed by atoms with E-state index < -0.39 is 0 Å². The summed E-state index contributed by atoms with van der Waals surface area (Å²) < 4.78 is 1.72. The van der Waals surface area contributed by atoms with Crippen LogP contribution in [0.2, 0.25) is 0 Å². The molecule has 2 aromatic heterocycles. The average molecular weight is 331 g/mol. The molecule has 130 valence electrons. The summed E-state index contributed by atoms with van der Waals surface area (Å²) in [6, 6.07) is 7.23. The molecule has 24 heavy (non-hydrogen) atoms. The summed E-state index contributed by atoms with van der Waals surface area (Å²) in [7, 11) is 0. The maximum Gasteiger partial charge on any atom is 0.320 e. The average Bonchev–Trinajstić information content (AvgIpc) is 2.85. The van der Waals surface area contributed by atoms with Crippen molar-refractivity contribution in [3.63, 3.8) is 0 Å². The zero-order chi connectivity index (χ0) is 17.5. The molecule has 0 aliphatic heterocycles. The Labute approximate surface area is 142 Å². The van der Waals surface area contributed by atoms with E-state index in [1.165, 1.54) is 0 Å². The second kappa shape index (κ2) is 8.44. The third kappa shape index (κ3) is 5.66. The Balaban J connectivity index is 1.93. The summed E-state index contributed by atoms with van der Waals surface area (Å²) in [6.07, 6.45) is 2.01. The highest BCUT2D eigenvalue weighted by Gasteiger charge is 2.12. The molecule has 0 aliphatic carbocycles. The summed E-state index contributed by atoms with van der Waals surface area (Å²) in [4.78, 5) is 16.4. The molecule has 3 N–H and O–H groups in total. The predicted molar refractivity (Wildman–Crippen MR) is 92.8 cm³/mol. The predicted octanol–water partition coefficient (Wildman–Crippen LogP) is 2.16. The highest BCUT2D eigenvalue weighted by molar-refractivity contribution is 5.88. The minimum absolute atomic E-state index is 0.205. The number of carbonyl (C=O) groups excluding carboxylic acids is 1. The minimum Gasteiger partial charge on any atom is -0.393 e. The number of nitrogens with one attached hydrogen (secondary N) is 2. The first-order chi connectivity index (χ1) is 11.4. The fraction of sp³-hybridized carbons (Fsp3) is 0.471. The first kappa shape index (κ1) is 17.9. The maximum absolute atomic E-state index is 12.1. The van der Waals surface area contributed by atoms with Gasteiger partial charge in [0.2, 0.25) is 0 Å². The van der Waals surface area contributed by atoms with Gasteiger partial charge in [-0.15, -0.1) is 0 Å². The SMILES string of the molecule is Cc1cc(NC(=O)NCC(C)CC(C)O)n(Cc2ccccn2)n1. The molecule has 0 aromatic carbocycles. The summed E-state index contributed by atoms with van der Waals surface area (Å²) >= 11 is 0.